The predicted octanol–water partition coefficient (Wildman–Crippen LogP) is 9.92. The Labute approximate surface area is 192 Å². The Morgan fingerprint density at radius 2 is 1.00 bits per heavy atom. The first kappa shape index (κ1) is 18.3. The standard InChI is InChI=1S/C20H12I2S4/c1-9-15-5-11-3-14-8-18-16(10(2)20(24-18)26-22)6-12(14)4-13(11)7-17(15)23-19(9)25-21/h3-8H,1-2H3. The molecule has 5 aromatic rings. The van der Waals surface area contributed by atoms with Crippen molar-refractivity contribution < 1.29 is 0 Å². The zero-order valence-electron chi connectivity index (χ0n) is 13.9. The first-order valence-electron chi connectivity index (χ1n) is 8.00. The summed E-state index contributed by atoms with van der Waals surface area (Å²) in [6, 6.07) is 14.2. The molecule has 0 unspecified atom stereocenters. The summed E-state index contributed by atoms with van der Waals surface area (Å²) in [4.78, 5) is 0. The van der Waals surface area contributed by atoms with E-state index < -0.39 is 0 Å². The van der Waals surface area contributed by atoms with Gasteiger partial charge in [-0.3, -0.25) is 0 Å². The van der Waals surface area contributed by atoms with Crippen molar-refractivity contribution >= 4 is 125 Å². The Bertz CT molecular complexity index is 1230. The topological polar surface area (TPSA) is 0 Å². The summed E-state index contributed by atoms with van der Waals surface area (Å²) < 4.78 is 5.62. The van der Waals surface area contributed by atoms with Gasteiger partial charge in [0.05, 0.1) is 8.42 Å². The number of halogens is 2. The molecule has 2 heterocycles. The fourth-order valence-corrected chi connectivity index (χ4v) is 10.3. The third kappa shape index (κ3) is 2.82. The maximum atomic E-state index is 2.39. The molecule has 130 valence electrons. The minimum absolute atomic E-state index is 1.34. The van der Waals surface area contributed by atoms with Crippen molar-refractivity contribution in [2.24, 2.45) is 0 Å². The van der Waals surface area contributed by atoms with Gasteiger partial charge in [0.1, 0.15) is 0 Å². The molecule has 0 saturated heterocycles. The Morgan fingerprint density at radius 1 is 0.615 bits per heavy atom. The van der Waals surface area contributed by atoms with Crippen LogP contribution < -0.4 is 0 Å². The molecule has 0 bridgehead atoms. The van der Waals surface area contributed by atoms with Crippen molar-refractivity contribution in [1.29, 1.82) is 0 Å². The molecule has 0 nitrogen and oxygen atoms in total. The molecular weight excluding hydrogens is 622 g/mol. The lowest BCUT2D eigenvalue weighted by molar-refractivity contribution is 1.47. The summed E-state index contributed by atoms with van der Waals surface area (Å²) in [7, 11) is 3.65. The van der Waals surface area contributed by atoms with E-state index in [2.05, 4.69) is 92.7 Å². The fourth-order valence-electron chi connectivity index (χ4n) is 3.53. The van der Waals surface area contributed by atoms with Crippen molar-refractivity contribution in [3.05, 3.63) is 47.5 Å². The van der Waals surface area contributed by atoms with Crippen molar-refractivity contribution in [2.45, 2.75) is 22.3 Å². The second kappa shape index (κ2) is 6.95. The number of hydrogen-bond donors (Lipinski definition) is 0. The van der Waals surface area contributed by atoms with Crippen LogP contribution in [-0.2, 0) is 0 Å². The summed E-state index contributed by atoms with van der Waals surface area (Å²) in [5.41, 5.74) is 2.83. The third-order valence-electron chi connectivity index (χ3n) is 4.96. The van der Waals surface area contributed by atoms with Crippen molar-refractivity contribution in [2.75, 3.05) is 0 Å². The van der Waals surface area contributed by atoms with Gasteiger partial charge in [0.25, 0.3) is 0 Å². The Morgan fingerprint density at radius 3 is 1.38 bits per heavy atom. The second-order valence-electron chi connectivity index (χ2n) is 6.43. The Kier molecular flexibility index (Phi) is 4.89. The van der Waals surface area contributed by atoms with E-state index in [1.165, 1.54) is 61.3 Å². The summed E-state index contributed by atoms with van der Waals surface area (Å²) in [5.74, 6) is 0. The molecule has 26 heavy (non-hydrogen) atoms. The molecule has 0 saturated carbocycles. The van der Waals surface area contributed by atoms with Crippen LogP contribution in [0.4, 0.5) is 0 Å². The van der Waals surface area contributed by atoms with Gasteiger partial charge in [-0.25, -0.2) is 0 Å². The van der Waals surface area contributed by atoms with E-state index in [-0.39, 0.29) is 0 Å². The zero-order chi connectivity index (χ0) is 18.0. The Balaban J connectivity index is 1.85. The molecule has 0 atom stereocenters. The SMILES string of the molecule is Cc1c(SI)sc2cc3cc4cc5c(C)c(SI)sc5cc4cc3cc12. The molecule has 5 rings (SSSR count). The number of aryl methyl sites for hydroxylation is 2. The van der Waals surface area contributed by atoms with Gasteiger partial charge in [-0.15, -0.1) is 22.7 Å². The fraction of sp³-hybridized carbons (Fsp3) is 0.100. The summed E-state index contributed by atoms with van der Waals surface area (Å²) in [6.07, 6.45) is 0. The highest BCUT2D eigenvalue weighted by atomic mass is 127. The molecule has 2 aromatic heterocycles. The van der Waals surface area contributed by atoms with Crippen LogP contribution in [0.5, 0.6) is 0 Å². The smallest absolute Gasteiger partial charge is 0.0743 e. The van der Waals surface area contributed by atoms with E-state index in [1.54, 1.807) is 0 Å². The highest BCUT2D eigenvalue weighted by molar-refractivity contribution is 14.2. The largest absolute Gasteiger partial charge is 0.128 e. The molecule has 3 aromatic carbocycles. The molecule has 0 spiro atoms. The normalized spacial score (nSPS) is 12.2. The van der Waals surface area contributed by atoms with Gasteiger partial charge >= 0.3 is 0 Å². The second-order valence-corrected chi connectivity index (χ2v) is 12.8. The minimum Gasteiger partial charge on any atom is -0.128 e. The first-order valence-corrected chi connectivity index (χ1v) is 16.3. The molecule has 0 aliphatic heterocycles. The average molecular weight is 634 g/mol. The molecule has 0 aliphatic carbocycles. The average Bonchev–Trinajstić information content (AvgIpc) is 3.13. The van der Waals surface area contributed by atoms with E-state index in [0.717, 1.165) is 0 Å². The number of benzene rings is 3. The molecular formula is C20H12I2S4. The van der Waals surface area contributed by atoms with Gasteiger partial charge in [0, 0.05) is 51.8 Å². The van der Waals surface area contributed by atoms with Gasteiger partial charge in [0.15, 0.2) is 0 Å². The van der Waals surface area contributed by atoms with Crippen LogP contribution in [0.1, 0.15) is 11.1 Å². The van der Waals surface area contributed by atoms with Gasteiger partial charge < -0.3 is 0 Å². The lowest BCUT2D eigenvalue weighted by Crippen LogP contribution is -1.79. The van der Waals surface area contributed by atoms with E-state index in [4.69, 9.17) is 0 Å². The third-order valence-corrected chi connectivity index (χ3v) is 13.4. The van der Waals surface area contributed by atoms with Crippen molar-refractivity contribution in [3.63, 3.8) is 0 Å². The lowest BCUT2D eigenvalue weighted by atomic mass is 10.00. The van der Waals surface area contributed by atoms with Crippen LogP contribution in [0.25, 0.3) is 41.7 Å². The van der Waals surface area contributed by atoms with Crippen molar-refractivity contribution in [1.82, 2.24) is 0 Å². The van der Waals surface area contributed by atoms with Gasteiger partial charge in [-0.05, 0) is 112 Å². The molecule has 6 heteroatoms. The predicted molar refractivity (Wildman–Crippen MR) is 141 cm³/mol. The van der Waals surface area contributed by atoms with E-state index in [0.29, 0.717) is 0 Å². The minimum atomic E-state index is 1.34. The van der Waals surface area contributed by atoms with Gasteiger partial charge in [-0.2, -0.15) is 0 Å². The van der Waals surface area contributed by atoms with Gasteiger partial charge in [-0.1, -0.05) is 0 Å². The molecule has 0 fully saturated rings. The highest BCUT2D eigenvalue weighted by Crippen LogP contribution is 2.44. The van der Waals surface area contributed by atoms with E-state index >= 15 is 0 Å². The van der Waals surface area contributed by atoms with Crippen LogP contribution in [0.15, 0.2) is 44.8 Å². The number of fused-ring (bicyclic) bond motifs is 4. The first-order chi connectivity index (χ1) is 12.6. The zero-order valence-corrected chi connectivity index (χ0v) is 21.4. The highest BCUT2D eigenvalue weighted by Gasteiger charge is 2.12. The van der Waals surface area contributed by atoms with Gasteiger partial charge in [0.2, 0.25) is 0 Å². The quantitative estimate of drug-likeness (QED) is 0.140. The number of hydrogen-bond acceptors (Lipinski definition) is 4. The van der Waals surface area contributed by atoms with Crippen LogP contribution in [0.2, 0.25) is 0 Å². The van der Waals surface area contributed by atoms with Crippen LogP contribution in [0.3, 0.4) is 0 Å². The molecule has 0 radical (unpaired) electrons. The number of thiophene rings is 2. The molecule has 0 N–H and O–H groups in total. The van der Waals surface area contributed by atoms with Crippen LogP contribution >= 0.6 is 83.0 Å². The summed E-state index contributed by atoms with van der Waals surface area (Å²) in [6.45, 7) is 4.49. The van der Waals surface area contributed by atoms with E-state index in [9.17, 15) is 0 Å². The van der Waals surface area contributed by atoms with Crippen LogP contribution in [-0.4, -0.2) is 0 Å². The maximum Gasteiger partial charge on any atom is 0.0743 e. The summed E-state index contributed by atoms with van der Waals surface area (Å²) >= 11 is 8.60. The summed E-state index contributed by atoms with van der Waals surface area (Å²) in [5, 5.41) is 8.16. The van der Waals surface area contributed by atoms with Crippen molar-refractivity contribution in [3.8, 4) is 0 Å². The molecule has 0 amide bonds. The van der Waals surface area contributed by atoms with Crippen LogP contribution in [0, 0.1) is 13.8 Å². The number of rotatable bonds is 2. The lowest BCUT2D eigenvalue weighted by Gasteiger charge is -2.05. The monoisotopic (exact) mass is 634 g/mol. The van der Waals surface area contributed by atoms with E-state index in [1.807, 2.05) is 40.5 Å². The Hall–Kier alpha value is 0.260. The molecule has 0 aliphatic rings. The maximum absolute atomic E-state index is 2.39.